The molecule has 0 aromatic carbocycles. The zero-order valence-corrected chi connectivity index (χ0v) is 7.05. The highest BCUT2D eigenvalue weighted by Crippen LogP contribution is 2.31. The monoisotopic (exact) mass is 157 g/mol. The highest BCUT2D eigenvalue weighted by atomic mass is 16.4. The van der Waals surface area contributed by atoms with Crippen LogP contribution in [-0.2, 0) is 4.79 Å². The molecule has 64 valence electrons. The van der Waals surface area contributed by atoms with Crippen LogP contribution >= 0.6 is 0 Å². The van der Waals surface area contributed by atoms with Crippen LogP contribution in [-0.4, -0.2) is 24.2 Å². The summed E-state index contributed by atoms with van der Waals surface area (Å²) in [6.07, 6.45) is 0.985. The Labute approximate surface area is 66.8 Å². The average molecular weight is 157 g/mol. The maximum Gasteiger partial charge on any atom is 0.309 e. The van der Waals surface area contributed by atoms with Crippen molar-refractivity contribution in [2.75, 3.05) is 13.1 Å². The standard InChI is InChI=1S/C8H15NO2/c1-8(2,7(10)11)6-3-4-9-5-6/h6,9H,3-5H2,1-2H3,(H,10,11). The number of carboxylic acids is 1. The summed E-state index contributed by atoms with van der Waals surface area (Å²) >= 11 is 0. The van der Waals surface area contributed by atoms with Crippen LogP contribution in [0.1, 0.15) is 20.3 Å². The van der Waals surface area contributed by atoms with Gasteiger partial charge in [0, 0.05) is 0 Å². The molecule has 1 fully saturated rings. The largest absolute Gasteiger partial charge is 0.481 e. The van der Waals surface area contributed by atoms with E-state index >= 15 is 0 Å². The number of aliphatic carboxylic acids is 1. The van der Waals surface area contributed by atoms with Gasteiger partial charge in [0.1, 0.15) is 0 Å². The van der Waals surface area contributed by atoms with Crippen LogP contribution in [0.4, 0.5) is 0 Å². The fraction of sp³-hybridized carbons (Fsp3) is 0.875. The van der Waals surface area contributed by atoms with Gasteiger partial charge < -0.3 is 10.4 Å². The minimum absolute atomic E-state index is 0.292. The van der Waals surface area contributed by atoms with Crippen LogP contribution in [0.3, 0.4) is 0 Å². The second-order valence-electron chi connectivity index (χ2n) is 3.72. The molecule has 11 heavy (non-hydrogen) atoms. The normalized spacial score (nSPS) is 25.5. The summed E-state index contributed by atoms with van der Waals surface area (Å²) in [5.41, 5.74) is -0.566. The van der Waals surface area contributed by atoms with Crippen molar-refractivity contribution in [2.45, 2.75) is 20.3 Å². The molecule has 2 N–H and O–H groups in total. The van der Waals surface area contributed by atoms with Gasteiger partial charge in [-0.05, 0) is 39.3 Å². The number of hydrogen-bond acceptors (Lipinski definition) is 2. The Bertz CT molecular complexity index is 159. The van der Waals surface area contributed by atoms with Crippen molar-refractivity contribution in [3.8, 4) is 0 Å². The predicted molar refractivity (Wildman–Crippen MR) is 42.4 cm³/mol. The van der Waals surface area contributed by atoms with Gasteiger partial charge in [-0.15, -0.1) is 0 Å². The van der Waals surface area contributed by atoms with E-state index in [0.29, 0.717) is 5.92 Å². The molecule has 1 aliphatic rings. The maximum absolute atomic E-state index is 10.8. The van der Waals surface area contributed by atoms with Crippen molar-refractivity contribution in [2.24, 2.45) is 11.3 Å². The fourth-order valence-electron chi connectivity index (χ4n) is 1.45. The van der Waals surface area contributed by atoms with Crippen molar-refractivity contribution < 1.29 is 9.90 Å². The minimum Gasteiger partial charge on any atom is -0.481 e. The molecule has 1 unspecified atom stereocenters. The van der Waals surface area contributed by atoms with Crippen LogP contribution < -0.4 is 5.32 Å². The van der Waals surface area contributed by atoms with E-state index in [0.717, 1.165) is 19.5 Å². The smallest absolute Gasteiger partial charge is 0.309 e. The van der Waals surface area contributed by atoms with Crippen molar-refractivity contribution in [1.82, 2.24) is 5.32 Å². The first kappa shape index (κ1) is 8.53. The van der Waals surface area contributed by atoms with Gasteiger partial charge in [-0.25, -0.2) is 0 Å². The van der Waals surface area contributed by atoms with Crippen LogP contribution in [0.15, 0.2) is 0 Å². The highest BCUT2D eigenvalue weighted by molar-refractivity contribution is 5.74. The summed E-state index contributed by atoms with van der Waals surface area (Å²) in [6, 6.07) is 0. The third-order valence-electron chi connectivity index (χ3n) is 2.63. The molecular formula is C8H15NO2. The van der Waals surface area contributed by atoms with Gasteiger partial charge in [0.2, 0.25) is 0 Å². The second kappa shape index (κ2) is 2.81. The third-order valence-corrected chi connectivity index (χ3v) is 2.63. The molecule has 1 atom stereocenters. The Hall–Kier alpha value is -0.570. The summed E-state index contributed by atoms with van der Waals surface area (Å²) < 4.78 is 0. The SMILES string of the molecule is CC(C)(C(=O)O)C1CCNC1. The molecule has 3 heteroatoms. The van der Waals surface area contributed by atoms with E-state index < -0.39 is 11.4 Å². The van der Waals surface area contributed by atoms with Gasteiger partial charge in [0.05, 0.1) is 5.41 Å². The molecular weight excluding hydrogens is 142 g/mol. The molecule has 1 aliphatic heterocycles. The first-order chi connectivity index (χ1) is 5.05. The van der Waals surface area contributed by atoms with Crippen molar-refractivity contribution in [3.63, 3.8) is 0 Å². The molecule has 0 radical (unpaired) electrons. The summed E-state index contributed by atoms with van der Waals surface area (Å²) in [7, 11) is 0. The van der Waals surface area contributed by atoms with Crippen LogP contribution in [0.5, 0.6) is 0 Å². The Morgan fingerprint density at radius 3 is 2.64 bits per heavy atom. The molecule has 0 saturated carbocycles. The molecule has 0 bridgehead atoms. The Kier molecular flexibility index (Phi) is 2.18. The molecule has 0 amide bonds. The zero-order valence-electron chi connectivity index (χ0n) is 7.05. The number of carboxylic acid groups (broad SMARTS) is 1. The van der Waals surface area contributed by atoms with Crippen molar-refractivity contribution in [1.29, 1.82) is 0 Å². The summed E-state index contributed by atoms with van der Waals surface area (Å²) in [5.74, 6) is -0.397. The van der Waals surface area contributed by atoms with E-state index in [9.17, 15) is 4.79 Å². The molecule has 1 rings (SSSR count). The van der Waals surface area contributed by atoms with E-state index in [-0.39, 0.29) is 0 Å². The summed E-state index contributed by atoms with van der Waals surface area (Å²) in [6.45, 7) is 5.40. The van der Waals surface area contributed by atoms with Crippen LogP contribution in [0.25, 0.3) is 0 Å². The molecule has 0 aromatic heterocycles. The predicted octanol–water partition coefficient (Wildman–Crippen LogP) is 0.707. The topological polar surface area (TPSA) is 49.3 Å². The lowest BCUT2D eigenvalue weighted by Gasteiger charge is -2.25. The van der Waals surface area contributed by atoms with Gasteiger partial charge >= 0.3 is 5.97 Å². The lowest BCUT2D eigenvalue weighted by atomic mass is 9.78. The van der Waals surface area contributed by atoms with Gasteiger partial charge in [0.25, 0.3) is 0 Å². The zero-order chi connectivity index (χ0) is 8.48. The molecule has 3 nitrogen and oxygen atoms in total. The first-order valence-electron chi connectivity index (χ1n) is 3.99. The molecule has 0 aromatic rings. The number of nitrogens with one attached hydrogen (secondary N) is 1. The summed E-state index contributed by atoms with van der Waals surface area (Å²) in [5, 5.41) is 12.0. The molecule has 0 aliphatic carbocycles. The van der Waals surface area contributed by atoms with E-state index in [4.69, 9.17) is 5.11 Å². The summed E-state index contributed by atoms with van der Waals surface area (Å²) in [4.78, 5) is 10.8. The fourth-order valence-corrected chi connectivity index (χ4v) is 1.45. The van der Waals surface area contributed by atoms with E-state index in [1.165, 1.54) is 0 Å². The Balaban J connectivity index is 2.62. The van der Waals surface area contributed by atoms with E-state index in [1.807, 2.05) is 0 Å². The maximum atomic E-state index is 10.8. The second-order valence-corrected chi connectivity index (χ2v) is 3.72. The molecule has 1 saturated heterocycles. The van der Waals surface area contributed by atoms with Gasteiger partial charge in [-0.2, -0.15) is 0 Å². The minimum atomic E-state index is -0.689. The molecule has 0 spiro atoms. The quantitative estimate of drug-likeness (QED) is 0.620. The highest BCUT2D eigenvalue weighted by Gasteiger charge is 2.37. The third kappa shape index (κ3) is 1.53. The van der Waals surface area contributed by atoms with Gasteiger partial charge in [-0.1, -0.05) is 0 Å². The average Bonchev–Trinajstić information content (AvgIpc) is 2.37. The van der Waals surface area contributed by atoms with E-state index in [1.54, 1.807) is 13.8 Å². The first-order valence-corrected chi connectivity index (χ1v) is 3.99. The Morgan fingerprint density at radius 2 is 2.27 bits per heavy atom. The van der Waals surface area contributed by atoms with Crippen LogP contribution in [0.2, 0.25) is 0 Å². The lowest BCUT2D eigenvalue weighted by Crippen LogP contribution is -2.34. The van der Waals surface area contributed by atoms with Gasteiger partial charge in [-0.3, -0.25) is 4.79 Å². The lowest BCUT2D eigenvalue weighted by molar-refractivity contribution is -0.149. The van der Waals surface area contributed by atoms with Crippen molar-refractivity contribution in [3.05, 3.63) is 0 Å². The van der Waals surface area contributed by atoms with Crippen LogP contribution in [0, 0.1) is 11.3 Å². The molecule has 1 heterocycles. The van der Waals surface area contributed by atoms with Gasteiger partial charge in [0.15, 0.2) is 0 Å². The number of carbonyl (C=O) groups is 1. The Morgan fingerprint density at radius 1 is 1.64 bits per heavy atom. The number of rotatable bonds is 2. The van der Waals surface area contributed by atoms with E-state index in [2.05, 4.69) is 5.32 Å². The number of hydrogen-bond donors (Lipinski definition) is 2. The van der Waals surface area contributed by atoms with Crippen molar-refractivity contribution >= 4 is 5.97 Å².